The first kappa shape index (κ1) is 66.9. The fourth-order valence-corrected chi connectivity index (χ4v) is 15.9. The normalized spacial score (nSPS) is 29.8. The van der Waals surface area contributed by atoms with Gasteiger partial charge in [0.1, 0.15) is 35.6 Å². The molecule has 8 rings (SSSR count). The largest absolute Gasteiger partial charge is 0.458 e. The average molecular weight is 1170 g/mol. The Hall–Kier alpha value is -3.88. The molecular formula is C60H96O18S2. The Balaban J connectivity index is 0.000000200. The van der Waals surface area contributed by atoms with Gasteiger partial charge in [-0.3, -0.25) is 18.0 Å². The van der Waals surface area contributed by atoms with Crippen LogP contribution in [-0.2, 0) is 85.8 Å². The molecular weight excluding hydrogens is 1070 g/mol. The van der Waals surface area contributed by atoms with Crippen LogP contribution in [0.5, 0.6) is 0 Å². The fraction of sp³-hybridized carbons (Fsp3) is 0.833. The second kappa shape index (κ2) is 23.6. The van der Waals surface area contributed by atoms with Gasteiger partial charge in [-0.25, -0.2) is 19.2 Å². The van der Waals surface area contributed by atoms with Crippen molar-refractivity contribution in [3.8, 4) is 0 Å². The van der Waals surface area contributed by atoms with Gasteiger partial charge in [-0.1, -0.05) is 68.5 Å². The zero-order valence-corrected chi connectivity index (χ0v) is 52.9. The third-order valence-corrected chi connectivity index (χ3v) is 22.2. The Kier molecular flexibility index (Phi) is 19.8. The lowest BCUT2D eigenvalue weighted by Gasteiger charge is -2.42. The van der Waals surface area contributed by atoms with Crippen molar-refractivity contribution < 1.29 is 82.4 Å². The van der Waals surface area contributed by atoms with Crippen LogP contribution in [0.4, 0.5) is 0 Å². The minimum Gasteiger partial charge on any atom is -0.458 e. The summed E-state index contributed by atoms with van der Waals surface area (Å²) in [4.78, 5) is 72.7. The highest BCUT2D eigenvalue weighted by atomic mass is 32.2. The molecule has 10 atom stereocenters. The highest BCUT2D eigenvalue weighted by Gasteiger charge is 2.67. The van der Waals surface area contributed by atoms with Crippen molar-refractivity contribution in [2.75, 3.05) is 0 Å². The number of fused-ring (bicyclic) bond motifs is 2. The van der Waals surface area contributed by atoms with Crippen molar-refractivity contribution in [3.63, 3.8) is 0 Å². The number of esters is 6. The summed E-state index contributed by atoms with van der Waals surface area (Å²) in [5, 5.41) is -0.935. The predicted octanol–water partition coefficient (Wildman–Crippen LogP) is 10.5. The van der Waals surface area contributed by atoms with Gasteiger partial charge in [0.05, 0.1) is 21.3 Å². The van der Waals surface area contributed by atoms with Crippen molar-refractivity contribution in [1.29, 1.82) is 0 Å². The first-order chi connectivity index (χ1) is 36.3. The molecule has 0 radical (unpaired) electrons. The van der Waals surface area contributed by atoms with E-state index in [1.807, 2.05) is 27.7 Å². The lowest BCUT2D eigenvalue weighted by atomic mass is 9.74. The smallest absolute Gasteiger partial charge is 0.350 e. The van der Waals surface area contributed by atoms with Gasteiger partial charge in [0.2, 0.25) is 11.2 Å². The van der Waals surface area contributed by atoms with E-state index in [1.54, 1.807) is 20.8 Å². The summed E-state index contributed by atoms with van der Waals surface area (Å²) >= 11 is 0. The second-order valence-electron chi connectivity index (χ2n) is 28.2. The maximum atomic E-state index is 12.6. The Morgan fingerprint density at radius 1 is 0.487 bits per heavy atom. The van der Waals surface area contributed by atoms with E-state index in [1.165, 1.54) is 47.5 Å². The van der Waals surface area contributed by atoms with Gasteiger partial charge in [-0.2, -0.15) is 16.8 Å². The zero-order valence-electron chi connectivity index (χ0n) is 51.3. The van der Waals surface area contributed by atoms with Crippen molar-refractivity contribution in [2.45, 2.75) is 272 Å². The quantitative estimate of drug-likeness (QED) is 0.0679. The van der Waals surface area contributed by atoms with E-state index in [2.05, 4.69) is 54.7 Å². The van der Waals surface area contributed by atoms with E-state index in [0.717, 1.165) is 44.9 Å². The van der Waals surface area contributed by atoms with E-state index < -0.39 is 95.6 Å². The van der Waals surface area contributed by atoms with Crippen molar-refractivity contribution >= 4 is 56.1 Å². The number of carbonyl (C=O) groups is 6. The molecule has 0 amide bonds. The maximum absolute atomic E-state index is 12.6. The van der Waals surface area contributed by atoms with Gasteiger partial charge in [-0.15, -0.1) is 0 Å². The van der Waals surface area contributed by atoms with Crippen LogP contribution in [0.3, 0.4) is 0 Å². The van der Waals surface area contributed by atoms with Crippen LogP contribution >= 0.6 is 0 Å². The highest BCUT2D eigenvalue weighted by molar-refractivity contribution is 7.88. The minimum atomic E-state index is -3.55. The molecule has 0 aromatic rings. The molecule has 6 saturated carbocycles. The molecule has 8 fully saturated rings. The molecule has 2 heterocycles. The Morgan fingerprint density at radius 3 is 1.16 bits per heavy atom. The Morgan fingerprint density at radius 2 is 0.825 bits per heavy atom. The molecule has 2 saturated heterocycles. The molecule has 0 aromatic heterocycles. The zero-order chi connectivity index (χ0) is 60.9. The van der Waals surface area contributed by atoms with Crippen LogP contribution in [0.1, 0.15) is 215 Å². The summed E-state index contributed by atoms with van der Waals surface area (Å²) in [6.07, 6.45) is 9.94. The SMILES string of the molecule is C=C(C)C(=O)OC(C)(C)C(=O)OC1C2CC3C1OS(=O)(=O)C3C2.C=C(C)C(=O)OC1(C(C)(C)C)CCCC1.CCC(C)(C)C(=O)OC(C)(C)C(=O)OC1C2CC3C1OS(=O)(=O)C3C2.CCC(C)(C)C(=O)OC1(C(C)(C)C)CCCC1. The van der Waals surface area contributed by atoms with Crippen molar-refractivity contribution in [3.05, 3.63) is 24.3 Å². The van der Waals surface area contributed by atoms with E-state index in [0.29, 0.717) is 37.7 Å². The van der Waals surface area contributed by atoms with E-state index in [4.69, 9.17) is 36.8 Å². The van der Waals surface area contributed by atoms with Crippen LogP contribution in [0.2, 0.25) is 0 Å². The molecule has 6 aliphatic carbocycles. The average Bonchev–Trinajstić information content (AvgIpc) is 4.22. The molecule has 8 aliphatic rings. The number of hydrogen-bond donors (Lipinski definition) is 0. The van der Waals surface area contributed by atoms with Crippen LogP contribution in [-0.4, -0.2) is 110 Å². The lowest BCUT2D eigenvalue weighted by Crippen LogP contribution is -2.47. The number of carbonyl (C=O) groups excluding carboxylic acids is 6. The van der Waals surface area contributed by atoms with Gasteiger partial charge in [0, 0.05) is 45.6 Å². The fourth-order valence-electron chi connectivity index (χ4n) is 12.2. The molecule has 18 nitrogen and oxygen atoms in total. The van der Waals surface area contributed by atoms with Gasteiger partial charge in [-0.05, 0) is 159 Å². The molecule has 80 heavy (non-hydrogen) atoms. The van der Waals surface area contributed by atoms with Gasteiger partial charge in [0.25, 0.3) is 20.2 Å². The van der Waals surface area contributed by atoms with Crippen LogP contribution < -0.4 is 0 Å². The summed E-state index contributed by atoms with van der Waals surface area (Å²) < 4.78 is 91.3. The standard InChI is InChI=1S/C17H26O7S.C15H20O7S.C15H28O2.C13H22O2/c1-6-16(2,3)14(18)23-17(4,5)15(19)22-12-9-7-10-11(8-9)25(20,21)24-13(10)12;1-7(2)13(16)21-15(3,4)14(17)20-11-8-5-9-10(6-8)23(18,19)22-12(9)11;1-7-14(5,6)12(16)17-15(13(2,3)4)10-8-9-11-15;1-10(2)11(14)15-13(12(3,4)5)8-6-7-9-13/h9-13H,6-8H2,1-5H3;8-12H,1,5-6H2,2-4H3;7-11H2,1-6H3;1,6-9H2,2-5H3. The highest BCUT2D eigenvalue weighted by Crippen LogP contribution is 2.57. The summed E-state index contributed by atoms with van der Waals surface area (Å²) in [5.41, 5.74) is -3.78. The molecule has 0 spiro atoms. The van der Waals surface area contributed by atoms with Crippen LogP contribution in [0, 0.1) is 45.3 Å². The summed E-state index contributed by atoms with van der Waals surface area (Å²) in [6.45, 7) is 40.5. The first-order valence-corrected chi connectivity index (χ1v) is 31.8. The molecule has 4 bridgehead atoms. The number of rotatable bonds is 14. The van der Waals surface area contributed by atoms with E-state index in [9.17, 15) is 45.6 Å². The van der Waals surface area contributed by atoms with Crippen LogP contribution in [0.25, 0.3) is 0 Å². The maximum Gasteiger partial charge on any atom is 0.350 e. The van der Waals surface area contributed by atoms with Crippen molar-refractivity contribution in [2.24, 2.45) is 45.3 Å². The molecule has 0 aromatic carbocycles. The third kappa shape index (κ3) is 14.0. The predicted molar refractivity (Wildman–Crippen MR) is 299 cm³/mol. The van der Waals surface area contributed by atoms with Gasteiger partial charge in [0.15, 0.2) is 0 Å². The first-order valence-electron chi connectivity index (χ1n) is 28.9. The molecule has 20 heteroatoms. The number of ether oxygens (including phenoxy) is 6. The summed E-state index contributed by atoms with van der Waals surface area (Å²) in [5.74, 6) is -3.05. The van der Waals surface area contributed by atoms with Gasteiger partial charge < -0.3 is 28.4 Å². The monoisotopic (exact) mass is 1170 g/mol. The third-order valence-electron chi connectivity index (χ3n) is 18.7. The Labute approximate surface area is 477 Å². The van der Waals surface area contributed by atoms with Gasteiger partial charge >= 0.3 is 35.8 Å². The topological polar surface area (TPSA) is 245 Å². The van der Waals surface area contributed by atoms with E-state index in [-0.39, 0.29) is 68.6 Å². The summed E-state index contributed by atoms with van der Waals surface area (Å²) in [7, 11) is -7.11. The summed E-state index contributed by atoms with van der Waals surface area (Å²) in [6, 6.07) is 0. The van der Waals surface area contributed by atoms with Crippen LogP contribution in [0.15, 0.2) is 24.3 Å². The molecule has 2 aliphatic heterocycles. The molecule has 456 valence electrons. The minimum absolute atomic E-state index is 0.00854. The molecule has 10 unspecified atom stereocenters. The second-order valence-corrected chi connectivity index (χ2v) is 31.8. The van der Waals surface area contributed by atoms with E-state index >= 15 is 0 Å². The number of hydrogen-bond acceptors (Lipinski definition) is 18. The Bertz CT molecular complexity index is 2600. The van der Waals surface area contributed by atoms with Crippen molar-refractivity contribution in [1.82, 2.24) is 0 Å². The lowest BCUT2D eigenvalue weighted by molar-refractivity contribution is -0.191. The molecule has 0 N–H and O–H groups in total.